The van der Waals surface area contributed by atoms with E-state index in [1.807, 2.05) is 49.4 Å². The summed E-state index contributed by atoms with van der Waals surface area (Å²) in [7, 11) is 0. The van der Waals surface area contributed by atoms with E-state index in [0.29, 0.717) is 5.75 Å². The van der Waals surface area contributed by atoms with Gasteiger partial charge in [-0.3, -0.25) is 4.79 Å². The van der Waals surface area contributed by atoms with Crippen molar-refractivity contribution in [2.75, 3.05) is 0 Å². The van der Waals surface area contributed by atoms with E-state index in [-0.39, 0.29) is 24.3 Å². The van der Waals surface area contributed by atoms with E-state index in [2.05, 4.69) is 29.6 Å². The fourth-order valence-electron chi connectivity index (χ4n) is 3.74. The van der Waals surface area contributed by atoms with Crippen LogP contribution in [0.2, 0.25) is 0 Å². The molecule has 0 saturated heterocycles. The highest BCUT2D eigenvalue weighted by molar-refractivity contribution is 5.79. The third-order valence-corrected chi connectivity index (χ3v) is 5.32. The zero-order valence-electron chi connectivity index (χ0n) is 18.4. The number of carbonyl (C=O) groups is 2. The average Bonchev–Trinajstić information content (AvgIpc) is 2.78. The van der Waals surface area contributed by atoms with Crippen molar-refractivity contribution in [2.45, 2.75) is 44.8 Å². The molecule has 5 heteroatoms. The lowest BCUT2D eigenvalue weighted by atomic mass is 9.86. The SMILES string of the molecule is CC(CC(c1ccccc1)c1ccccc1)NC(=O)Cc1cccc(OC(C)C(=O)O)c1. The largest absolute Gasteiger partial charge is 0.479 e. The van der Waals surface area contributed by atoms with Gasteiger partial charge in [-0.05, 0) is 49.1 Å². The lowest BCUT2D eigenvalue weighted by Crippen LogP contribution is -2.35. The first kappa shape index (κ1) is 23.1. The number of benzene rings is 3. The van der Waals surface area contributed by atoms with Gasteiger partial charge < -0.3 is 15.2 Å². The van der Waals surface area contributed by atoms with E-state index in [1.165, 1.54) is 18.1 Å². The van der Waals surface area contributed by atoms with Gasteiger partial charge in [0.05, 0.1) is 6.42 Å². The quantitative estimate of drug-likeness (QED) is 0.483. The Labute approximate surface area is 189 Å². The molecule has 0 heterocycles. The van der Waals surface area contributed by atoms with Crippen molar-refractivity contribution < 1.29 is 19.4 Å². The molecule has 3 aromatic carbocycles. The normalized spacial score (nSPS) is 12.7. The smallest absolute Gasteiger partial charge is 0.344 e. The number of nitrogens with one attached hydrogen (secondary N) is 1. The molecular weight excluding hydrogens is 402 g/mol. The number of hydrogen-bond donors (Lipinski definition) is 2. The molecule has 2 N–H and O–H groups in total. The molecule has 32 heavy (non-hydrogen) atoms. The second-order valence-electron chi connectivity index (χ2n) is 8.00. The summed E-state index contributed by atoms with van der Waals surface area (Å²) in [5.74, 6) is -0.498. The molecule has 0 aliphatic heterocycles. The second kappa shape index (κ2) is 11.1. The Hall–Kier alpha value is -3.60. The Morgan fingerprint density at radius 3 is 2.03 bits per heavy atom. The maximum absolute atomic E-state index is 12.7. The highest BCUT2D eigenvalue weighted by Gasteiger charge is 2.19. The zero-order chi connectivity index (χ0) is 22.9. The van der Waals surface area contributed by atoms with Gasteiger partial charge in [-0.25, -0.2) is 4.79 Å². The number of carboxylic acid groups (broad SMARTS) is 1. The Morgan fingerprint density at radius 2 is 1.47 bits per heavy atom. The zero-order valence-corrected chi connectivity index (χ0v) is 18.4. The van der Waals surface area contributed by atoms with E-state index < -0.39 is 12.1 Å². The Kier molecular flexibility index (Phi) is 8.03. The Bertz CT molecular complexity index is 981. The number of carboxylic acids is 1. The predicted molar refractivity (Wildman–Crippen MR) is 125 cm³/mol. The van der Waals surface area contributed by atoms with Crippen LogP contribution in [-0.4, -0.2) is 29.1 Å². The predicted octanol–water partition coefficient (Wildman–Crippen LogP) is 4.81. The van der Waals surface area contributed by atoms with Crippen LogP contribution in [0.1, 0.15) is 42.9 Å². The fourth-order valence-corrected chi connectivity index (χ4v) is 3.74. The number of aliphatic carboxylic acids is 1. The molecule has 2 atom stereocenters. The van der Waals surface area contributed by atoms with Crippen LogP contribution in [0.4, 0.5) is 0 Å². The van der Waals surface area contributed by atoms with Gasteiger partial charge in [0, 0.05) is 12.0 Å². The average molecular weight is 432 g/mol. The number of carbonyl (C=O) groups excluding carboxylic acids is 1. The molecular formula is C27H29NO4. The molecule has 1 amide bonds. The molecule has 0 fully saturated rings. The minimum atomic E-state index is -1.03. The van der Waals surface area contributed by atoms with E-state index >= 15 is 0 Å². The summed E-state index contributed by atoms with van der Waals surface area (Å²) in [6.07, 6.45) is 0.0237. The summed E-state index contributed by atoms with van der Waals surface area (Å²) >= 11 is 0. The van der Waals surface area contributed by atoms with Crippen LogP contribution in [0.3, 0.4) is 0 Å². The van der Waals surface area contributed by atoms with Crippen LogP contribution >= 0.6 is 0 Å². The number of hydrogen-bond acceptors (Lipinski definition) is 3. The lowest BCUT2D eigenvalue weighted by molar-refractivity contribution is -0.144. The van der Waals surface area contributed by atoms with Gasteiger partial charge in [-0.2, -0.15) is 0 Å². The van der Waals surface area contributed by atoms with Crippen LogP contribution in [0.25, 0.3) is 0 Å². The van der Waals surface area contributed by atoms with Gasteiger partial charge in [0.1, 0.15) is 5.75 Å². The second-order valence-corrected chi connectivity index (χ2v) is 8.00. The van der Waals surface area contributed by atoms with Crippen molar-refractivity contribution in [3.05, 3.63) is 102 Å². The maximum atomic E-state index is 12.7. The first-order valence-corrected chi connectivity index (χ1v) is 10.8. The van der Waals surface area contributed by atoms with Gasteiger partial charge >= 0.3 is 5.97 Å². The molecule has 0 aliphatic carbocycles. The Balaban J connectivity index is 1.63. The summed E-state index contributed by atoms with van der Waals surface area (Å²) in [6.45, 7) is 3.49. The van der Waals surface area contributed by atoms with Crippen molar-refractivity contribution in [1.29, 1.82) is 0 Å². The van der Waals surface area contributed by atoms with E-state index in [9.17, 15) is 9.59 Å². The monoisotopic (exact) mass is 431 g/mol. The molecule has 0 bridgehead atoms. The molecule has 5 nitrogen and oxygen atoms in total. The van der Waals surface area contributed by atoms with E-state index in [0.717, 1.165) is 12.0 Å². The molecule has 2 unspecified atom stereocenters. The third-order valence-electron chi connectivity index (χ3n) is 5.32. The first-order chi connectivity index (χ1) is 15.4. The molecule has 0 spiro atoms. The van der Waals surface area contributed by atoms with Crippen molar-refractivity contribution in [3.8, 4) is 5.75 Å². The molecule has 3 aromatic rings. The highest BCUT2D eigenvalue weighted by Crippen LogP contribution is 2.29. The van der Waals surface area contributed by atoms with Crippen LogP contribution < -0.4 is 10.1 Å². The lowest BCUT2D eigenvalue weighted by Gasteiger charge is -2.23. The van der Waals surface area contributed by atoms with Crippen molar-refractivity contribution in [1.82, 2.24) is 5.32 Å². The number of amides is 1. The van der Waals surface area contributed by atoms with Crippen LogP contribution in [0.5, 0.6) is 5.75 Å². The molecule has 166 valence electrons. The highest BCUT2D eigenvalue weighted by atomic mass is 16.5. The standard InChI is InChI=1S/C27H29NO4/c1-19(16-25(22-11-5-3-6-12-22)23-13-7-4-8-14-23)28-26(29)18-21-10-9-15-24(17-21)32-20(2)27(30)31/h3-15,17,19-20,25H,16,18H2,1-2H3,(H,28,29)(H,30,31). The minimum Gasteiger partial charge on any atom is -0.479 e. The number of rotatable bonds is 10. The van der Waals surface area contributed by atoms with Gasteiger partial charge in [0.15, 0.2) is 6.10 Å². The molecule has 0 saturated carbocycles. The number of ether oxygens (including phenoxy) is 1. The summed E-state index contributed by atoms with van der Waals surface area (Å²) in [5.41, 5.74) is 3.21. The Morgan fingerprint density at radius 1 is 0.875 bits per heavy atom. The van der Waals surface area contributed by atoms with Gasteiger partial charge in [0.25, 0.3) is 0 Å². The maximum Gasteiger partial charge on any atom is 0.344 e. The van der Waals surface area contributed by atoms with Crippen molar-refractivity contribution >= 4 is 11.9 Å². The molecule has 3 rings (SSSR count). The van der Waals surface area contributed by atoms with E-state index in [1.54, 1.807) is 18.2 Å². The molecule has 0 aromatic heterocycles. The third kappa shape index (κ3) is 6.71. The summed E-state index contributed by atoms with van der Waals surface area (Å²) < 4.78 is 5.40. The first-order valence-electron chi connectivity index (χ1n) is 10.8. The van der Waals surface area contributed by atoms with Crippen molar-refractivity contribution in [3.63, 3.8) is 0 Å². The summed E-state index contributed by atoms with van der Waals surface area (Å²) in [4.78, 5) is 23.7. The van der Waals surface area contributed by atoms with Gasteiger partial charge in [0.2, 0.25) is 5.91 Å². The van der Waals surface area contributed by atoms with Gasteiger partial charge in [-0.15, -0.1) is 0 Å². The molecule has 0 aliphatic rings. The summed E-state index contributed by atoms with van der Waals surface area (Å²) in [6, 6.07) is 27.6. The fraction of sp³-hybridized carbons (Fsp3) is 0.259. The minimum absolute atomic E-state index is 0.0284. The summed E-state index contributed by atoms with van der Waals surface area (Å²) in [5, 5.41) is 12.1. The van der Waals surface area contributed by atoms with Crippen LogP contribution in [0, 0.1) is 0 Å². The van der Waals surface area contributed by atoms with Crippen molar-refractivity contribution in [2.24, 2.45) is 0 Å². The topological polar surface area (TPSA) is 75.6 Å². The van der Waals surface area contributed by atoms with E-state index in [4.69, 9.17) is 9.84 Å². The molecule has 0 radical (unpaired) electrons. The van der Waals surface area contributed by atoms with Crippen LogP contribution in [-0.2, 0) is 16.0 Å². The van der Waals surface area contributed by atoms with Crippen LogP contribution in [0.15, 0.2) is 84.9 Å². The van der Waals surface area contributed by atoms with Gasteiger partial charge in [-0.1, -0.05) is 72.8 Å².